The number of hydrogen-bond acceptors (Lipinski definition) is 3. The van der Waals surface area contributed by atoms with Gasteiger partial charge in [-0.1, -0.05) is 19.3 Å². The quantitative estimate of drug-likeness (QED) is 0.838. The monoisotopic (exact) mass is 280 g/mol. The Bertz CT molecular complexity index is 337. The molecule has 4 nitrogen and oxygen atoms in total. The van der Waals surface area contributed by atoms with Crippen LogP contribution in [0.3, 0.4) is 0 Å². The summed E-state index contributed by atoms with van der Waals surface area (Å²) in [6, 6.07) is 0. The Morgan fingerprint density at radius 2 is 1.65 bits per heavy atom. The lowest BCUT2D eigenvalue weighted by Crippen LogP contribution is -2.43. The van der Waals surface area contributed by atoms with Crippen molar-refractivity contribution in [2.75, 3.05) is 26.2 Å². The van der Waals surface area contributed by atoms with Gasteiger partial charge in [0.15, 0.2) is 0 Å². The van der Waals surface area contributed by atoms with E-state index in [1.165, 1.54) is 19.3 Å². The van der Waals surface area contributed by atoms with Crippen LogP contribution in [0.2, 0.25) is 0 Å². The Hall–Kier alpha value is -0.900. The summed E-state index contributed by atoms with van der Waals surface area (Å²) in [5.41, 5.74) is 0. The van der Waals surface area contributed by atoms with Gasteiger partial charge in [0.05, 0.1) is 0 Å². The van der Waals surface area contributed by atoms with E-state index < -0.39 is 0 Å². The lowest BCUT2D eigenvalue weighted by Gasteiger charge is -2.30. The molecule has 1 aliphatic carbocycles. The number of carbonyl (C=O) groups is 2. The summed E-state index contributed by atoms with van der Waals surface area (Å²) < 4.78 is 0. The van der Waals surface area contributed by atoms with Gasteiger partial charge < -0.3 is 10.2 Å². The minimum Gasteiger partial charge on any atom is -0.355 e. The van der Waals surface area contributed by atoms with Crippen molar-refractivity contribution in [2.45, 2.75) is 51.9 Å². The summed E-state index contributed by atoms with van der Waals surface area (Å²) in [7, 11) is 0. The number of hydrogen-bond donors (Lipinski definition) is 1. The second-order valence-electron chi connectivity index (χ2n) is 6.30. The van der Waals surface area contributed by atoms with Crippen molar-refractivity contribution >= 4 is 11.7 Å². The fourth-order valence-corrected chi connectivity index (χ4v) is 3.58. The normalized spacial score (nSPS) is 28.1. The third kappa shape index (κ3) is 4.30. The van der Waals surface area contributed by atoms with Crippen LogP contribution in [-0.4, -0.2) is 42.8 Å². The van der Waals surface area contributed by atoms with Gasteiger partial charge in [-0.25, -0.2) is 0 Å². The smallest absolute Gasteiger partial charge is 0.223 e. The Balaban J connectivity index is 1.73. The first-order valence-corrected chi connectivity index (χ1v) is 8.19. The van der Waals surface area contributed by atoms with Crippen molar-refractivity contribution < 1.29 is 9.59 Å². The third-order valence-electron chi connectivity index (χ3n) is 4.80. The molecule has 0 spiro atoms. The second-order valence-corrected chi connectivity index (χ2v) is 6.30. The van der Waals surface area contributed by atoms with Crippen LogP contribution in [0, 0.1) is 11.8 Å². The van der Waals surface area contributed by atoms with Crippen molar-refractivity contribution in [3.05, 3.63) is 0 Å². The van der Waals surface area contributed by atoms with Crippen LogP contribution in [0.5, 0.6) is 0 Å². The first kappa shape index (κ1) is 15.5. The van der Waals surface area contributed by atoms with Crippen LogP contribution in [0.25, 0.3) is 0 Å². The maximum atomic E-state index is 12.3. The van der Waals surface area contributed by atoms with Gasteiger partial charge in [0.2, 0.25) is 5.91 Å². The summed E-state index contributed by atoms with van der Waals surface area (Å²) in [6.45, 7) is 5.62. The van der Waals surface area contributed by atoms with Crippen molar-refractivity contribution in [2.24, 2.45) is 11.8 Å². The molecular weight excluding hydrogens is 252 g/mol. The van der Waals surface area contributed by atoms with E-state index in [4.69, 9.17) is 0 Å². The summed E-state index contributed by atoms with van der Waals surface area (Å²) in [4.78, 5) is 26.3. The minimum atomic E-state index is -0.0809. The number of amides is 1. The average molecular weight is 280 g/mol. The fraction of sp³-hybridized carbons (Fsp3) is 0.875. The van der Waals surface area contributed by atoms with E-state index in [0.717, 1.165) is 51.9 Å². The molecule has 0 aromatic heterocycles. The maximum absolute atomic E-state index is 12.3. The van der Waals surface area contributed by atoms with Crippen molar-refractivity contribution in [1.29, 1.82) is 0 Å². The molecule has 0 unspecified atom stereocenters. The topological polar surface area (TPSA) is 49.4 Å². The molecule has 0 aromatic carbocycles. The highest BCUT2D eigenvalue weighted by Crippen LogP contribution is 2.30. The molecule has 1 amide bonds. The maximum Gasteiger partial charge on any atom is 0.223 e. The van der Waals surface area contributed by atoms with E-state index in [1.807, 2.05) is 0 Å². The molecule has 1 N–H and O–H groups in total. The number of piperidine rings is 1. The third-order valence-corrected chi connectivity index (χ3v) is 4.80. The summed E-state index contributed by atoms with van der Waals surface area (Å²) >= 11 is 0. The molecular formula is C16H28N2O2. The fourth-order valence-electron chi connectivity index (χ4n) is 3.58. The van der Waals surface area contributed by atoms with Crippen LogP contribution in [0.4, 0.5) is 0 Å². The lowest BCUT2D eigenvalue weighted by molar-refractivity contribution is -0.134. The molecule has 4 heteroatoms. The van der Waals surface area contributed by atoms with Crippen LogP contribution in [-0.2, 0) is 9.59 Å². The van der Waals surface area contributed by atoms with E-state index >= 15 is 0 Å². The van der Waals surface area contributed by atoms with Gasteiger partial charge in [-0.15, -0.1) is 0 Å². The first-order chi connectivity index (χ1) is 9.68. The number of rotatable bonds is 5. The summed E-state index contributed by atoms with van der Waals surface area (Å²) in [6.07, 6.45) is 7.83. The van der Waals surface area contributed by atoms with Crippen molar-refractivity contribution in [1.82, 2.24) is 10.2 Å². The lowest BCUT2D eigenvalue weighted by atomic mass is 9.77. The summed E-state index contributed by atoms with van der Waals surface area (Å²) in [5, 5.41) is 3.05. The van der Waals surface area contributed by atoms with E-state index in [-0.39, 0.29) is 23.5 Å². The highest BCUT2D eigenvalue weighted by Gasteiger charge is 2.33. The van der Waals surface area contributed by atoms with Gasteiger partial charge in [0.25, 0.3) is 0 Å². The average Bonchev–Trinajstić information content (AvgIpc) is 2.48. The molecule has 2 rings (SSSR count). The van der Waals surface area contributed by atoms with Crippen LogP contribution in [0.1, 0.15) is 51.9 Å². The van der Waals surface area contributed by atoms with Gasteiger partial charge in [-0.3, -0.25) is 9.59 Å². The molecule has 0 radical (unpaired) electrons. The van der Waals surface area contributed by atoms with Crippen LogP contribution >= 0.6 is 0 Å². The Morgan fingerprint density at radius 1 is 1.00 bits per heavy atom. The van der Waals surface area contributed by atoms with Crippen LogP contribution < -0.4 is 5.32 Å². The zero-order valence-corrected chi connectivity index (χ0v) is 12.7. The number of likely N-dealkylation sites (tertiary alicyclic amines) is 1. The van der Waals surface area contributed by atoms with E-state index in [0.29, 0.717) is 0 Å². The molecule has 1 aliphatic heterocycles. The standard InChI is InChI=1S/C16H28N2O2/c1-13(19)14-7-3-4-8-15(14)16(20)17-9-12-18-10-5-2-6-11-18/h14-15H,2-12H2,1H3,(H,17,20)/t14-,15-/m1/s1. The van der Waals surface area contributed by atoms with Gasteiger partial charge in [0, 0.05) is 24.9 Å². The number of Topliss-reactive ketones (excluding diaryl/α,β-unsaturated/α-hetero) is 1. The van der Waals surface area contributed by atoms with Gasteiger partial charge in [-0.2, -0.15) is 0 Å². The number of ketones is 1. The molecule has 2 fully saturated rings. The Labute approximate surface area is 122 Å². The highest BCUT2D eigenvalue weighted by molar-refractivity contribution is 5.87. The van der Waals surface area contributed by atoms with E-state index in [9.17, 15) is 9.59 Å². The Kier molecular flexibility index (Phi) is 6.02. The zero-order chi connectivity index (χ0) is 14.4. The molecule has 1 heterocycles. The molecule has 114 valence electrons. The minimum absolute atomic E-state index is 0.0428. The predicted molar refractivity (Wildman–Crippen MR) is 79.4 cm³/mol. The number of nitrogens with zero attached hydrogens (tertiary/aromatic N) is 1. The molecule has 0 aromatic rings. The highest BCUT2D eigenvalue weighted by atomic mass is 16.2. The first-order valence-electron chi connectivity index (χ1n) is 8.19. The predicted octanol–water partition coefficient (Wildman–Crippen LogP) is 1.98. The SMILES string of the molecule is CC(=O)[C@H]1CCCC[C@H]1C(=O)NCCN1CCCCC1. The van der Waals surface area contributed by atoms with E-state index in [1.54, 1.807) is 6.92 Å². The number of nitrogens with one attached hydrogen (secondary N) is 1. The largest absolute Gasteiger partial charge is 0.355 e. The van der Waals surface area contributed by atoms with Crippen molar-refractivity contribution in [3.63, 3.8) is 0 Å². The summed E-state index contributed by atoms with van der Waals surface area (Å²) in [5.74, 6) is 0.157. The molecule has 20 heavy (non-hydrogen) atoms. The van der Waals surface area contributed by atoms with Crippen LogP contribution in [0.15, 0.2) is 0 Å². The van der Waals surface area contributed by atoms with E-state index in [2.05, 4.69) is 10.2 Å². The molecule has 2 atom stereocenters. The molecule has 1 saturated carbocycles. The second kappa shape index (κ2) is 7.77. The van der Waals surface area contributed by atoms with Gasteiger partial charge in [-0.05, 0) is 45.7 Å². The Morgan fingerprint density at radius 3 is 2.30 bits per heavy atom. The molecule has 1 saturated heterocycles. The molecule has 0 bridgehead atoms. The van der Waals surface area contributed by atoms with Crippen molar-refractivity contribution in [3.8, 4) is 0 Å². The molecule has 2 aliphatic rings. The van der Waals surface area contributed by atoms with Gasteiger partial charge in [0.1, 0.15) is 5.78 Å². The zero-order valence-electron chi connectivity index (χ0n) is 12.7. The van der Waals surface area contributed by atoms with Gasteiger partial charge >= 0.3 is 0 Å². The number of carbonyl (C=O) groups excluding carboxylic acids is 2.